The van der Waals surface area contributed by atoms with Gasteiger partial charge in [0.15, 0.2) is 0 Å². The molecule has 3 nitrogen and oxygen atoms in total. The van der Waals surface area contributed by atoms with Gasteiger partial charge in [-0.05, 0) is 30.7 Å². The number of benzene rings is 1. The molecule has 0 radical (unpaired) electrons. The van der Waals surface area contributed by atoms with Crippen LogP contribution in [0.1, 0.15) is 51.1 Å². The lowest BCUT2D eigenvalue weighted by molar-refractivity contribution is -0.143. The largest absolute Gasteiger partial charge is 0.394 e. The summed E-state index contributed by atoms with van der Waals surface area (Å²) in [5.74, 6) is 0.944. The SMILES string of the molecule is CCC(C)C[C@H]1CCCN([C@@H](CO)c2ccccc2)C1=O. The Morgan fingerprint density at radius 1 is 1.33 bits per heavy atom. The smallest absolute Gasteiger partial charge is 0.226 e. The van der Waals surface area contributed by atoms with Crippen LogP contribution >= 0.6 is 0 Å². The number of likely N-dealkylation sites (tertiary alicyclic amines) is 1. The van der Waals surface area contributed by atoms with E-state index in [0.29, 0.717) is 5.92 Å². The number of aliphatic hydroxyl groups is 1. The van der Waals surface area contributed by atoms with Crippen LogP contribution in [0.2, 0.25) is 0 Å². The van der Waals surface area contributed by atoms with Crippen LogP contribution in [0.4, 0.5) is 0 Å². The summed E-state index contributed by atoms with van der Waals surface area (Å²) >= 11 is 0. The first-order valence-corrected chi connectivity index (χ1v) is 8.13. The quantitative estimate of drug-likeness (QED) is 0.872. The van der Waals surface area contributed by atoms with Gasteiger partial charge in [0, 0.05) is 12.5 Å². The molecule has 116 valence electrons. The second-order valence-electron chi connectivity index (χ2n) is 6.23. The predicted octanol–water partition coefficient (Wildman–Crippen LogP) is 3.39. The van der Waals surface area contributed by atoms with Crippen molar-refractivity contribution in [2.75, 3.05) is 13.2 Å². The second kappa shape index (κ2) is 7.60. The highest BCUT2D eigenvalue weighted by atomic mass is 16.3. The van der Waals surface area contributed by atoms with E-state index in [1.54, 1.807) is 0 Å². The number of carbonyl (C=O) groups is 1. The molecule has 1 aromatic rings. The van der Waals surface area contributed by atoms with E-state index >= 15 is 0 Å². The Balaban J connectivity index is 2.12. The van der Waals surface area contributed by atoms with Crippen molar-refractivity contribution in [1.82, 2.24) is 4.90 Å². The number of piperidine rings is 1. The summed E-state index contributed by atoms with van der Waals surface area (Å²) in [6.45, 7) is 5.14. The van der Waals surface area contributed by atoms with Crippen LogP contribution in [0.15, 0.2) is 30.3 Å². The van der Waals surface area contributed by atoms with E-state index in [4.69, 9.17) is 0 Å². The zero-order chi connectivity index (χ0) is 15.2. The summed E-state index contributed by atoms with van der Waals surface area (Å²) in [7, 11) is 0. The molecule has 0 saturated carbocycles. The van der Waals surface area contributed by atoms with Gasteiger partial charge in [0.2, 0.25) is 5.91 Å². The summed E-state index contributed by atoms with van der Waals surface area (Å²) in [5, 5.41) is 9.77. The van der Waals surface area contributed by atoms with Gasteiger partial charge in [-0.25, -0.2) is 0 Å². The molecule has 1 unspecified atom stereocenters. The van der Waals surface area contributed by atoms with Crippen LogP contribution in [-0.2, 0) is 4.79 Å². The predicted molar refractivity (Wildman–Crippen MR) is 84.8 cm³/mol. The minimum atomic E-state index is -0.196. The number of aliphatic hydroxyl groups excluding tert-OH is 1. The number of amides is 1. The van der Waals surface area contributed by atoms with E-state index in [2.05, 4.69) is 13.8 Å². The Morgan fingerprint density at radius 2 is 2.05 bits per heavy atom. The first kappa shape index (κ1) is 16.0. The Hall–Kier alpha value is -1.35. The summed E-state index contributed by atoms with van der Waals surface area (Å²) in [4.78, 5) is 14.7. The van der Waals surface area contributed by atoms with Crippen molar-refractivity contribution in [3.05, 3.63) is 35.9 Å². The summed E-state index contributed by atoms with van der Waals surface area (Å²) in [5.41, 5.74) is 1.03. The summed E-state index contributed by atoms with van der Waals surface area (Å²) < 4.78 is 0. The Morgan fingerprint density at radius 3 is 2.67 bits per heavy atom. The van der Waals surface area contributed by atoms with Crippen molar-refractivity contribution < 1.29 is 9.90 Å². The maximum Gasteiger partial charge on any atom is 0.226 e. The first-order chi connectivity index (χ1) is 10.2. The third kappa shape index (κ3) is 3.85. The van der Waals surface area contributed by atoms with Crippen LogP contribution < -0.4 is 0 Å². The lowest BCUT2D eigenvalue weighted by Crippen LogP contribution is -2.44. The van der Waals surface area contributed by atoms with E-state index in [1.165, 1.54) is 0 Å². The van der Waals surface area contributed by atoms with Crippen molar-refractivity contribution in [2.45, 2.75) is 45.6 Å². The van der Waals surface area contributed by atoms with Gasteiger partial charge < -0.3 is 10.0 Å². The number of carbonyl (C=O) groups excluding carboxylic acids is 1. The molecular weight excluding hydrogens is 262 g/mol. The lowest BCUT2D eigenvalue weighted by Gasteiger charge is -2.38. The molecule has 1 amide bonds. The van der Waals surface area contributed by atoms with E-state index in [0.717, 1.165) is 37.8 Å². The number of nitrogens with zero attached hydrogens (tertiary/aromatic N) is 1. The Labute approximate surface area is 128 Å². The molecule has 1 aliphatic rings. The van der Waals surface area contributed by atoms with Gasteiger partial charge in [-0.3, -0.25) is 4.79 Å². The molecule has 1 aromatic carbocycles. The molecular formula is C18H27NO2. The van der Waals surface area contributed by atoms with Crippen molar-refractivity contribution in [1.29, 1.82) is 0 Å². The molecule has 0 aromatic heterocycles. The fourth-order valence-corrected chi connectivity index (χ4v) is 3.22. The number of rotatable bonds is 6. The highest BCUT2D eigenvalue weighted by Crippen LogP contribution is 2.31. The standard InChI is InChI=1S/C18H27NO2/c1-3-14(2)12-16-10-7-11-19(18(16)21)17(13-20)15-8-5-4-6-9-15/h4-6,8-9,14,16-17,20H,3,7,10-13H2,1-2H3/t14?,16-,17+/m1/s1. The normalized spacial score (nSPS) is 22.1. The highest BCUT2D eigenvalue weighted by molar-refractivity contribution is 5.80. The average Bonchev–Trinajstić information content (AvgIpc) is 2.52. The molecule has 1 N–H and O–H groups in total. The van der Waals surface area contributed by atoms with E-state index < -0.39 is 0 Å². The van der Waals surface area contributed by atoms with Crippen molar-refractivity contribution in [3.63, 3.8) is 0 Å². The highest BCUT2D eigenvalue weighted by Gasteiger charge is 2.33. The van der Waals surface area contributed by atoms with Crippen molar-refractivity contribution in [3.8, 4) is 0 Å². The maximum atomic E-state index is 12.8. The monoisotopic (exact) mass is 289 g/mol. The Kier molecular flexibility index (Phi) is 5.80. The second-order valence-corrected chi connectivity index (χ2v) is 6.23. The number of hydrogen-bond donors (Lipinski definition) is 1. The fraction of sp³-hybridized carbons (Fsp3) is 0.611. The molecule has 1 heterocycles. The Bertz CT molecular complexity index is 446. The molecule has 3 heteroatoms. The van der Waals surface area contributed by atoms with Gasteiger partial charge >= 0.3 is 0 Å². The van der Waals surface area contributed by atoms with Gasteiger partial charge in [-0.2, -0.15) is 0 Å². The van der Waals surface area contributed by atoms with Gasteiger partial charge in [-0.15, -0.1) is 0 Å². The maximum absolute atomic E-state index is 12.8. The van der Waals surface area contributed by atoms with E-state index in [1.807, 2.05) is 35.2 Å². The molecule has 0 bridgehead atoms. The van der Waals surface area contributed by atoms with Crippen LogP contribution in [-0.4, -0.2) is 29.1 Å². The topological polar surface area (TPSA) is 40.5 Å². The molecule has 3 atom stereocenters. The van der Waals surface area contributed by atoms with Gasteiger partial charge in [-0.1, -0.05) is 50.6 Å². The van der Waals surface area contributed by atoms with Gasteiger partial charge in [0.1, 0.15) is 0 Å². The van der Waals surface area contributed by atoms with Gasteiger partial charge in [0.05, 0.1) is 12.6 Å². The zero-order valence-corrected chi connectivity index (χ0v) is 13.2. The van der Waals surface area contributed by atoms with E-state index in [-0.39, 0.29) is 24.5 Å². The minimum absolute atomic E-state index is 0.00813. The fourth-order valence-electron chi connectivity index (χ4n) is 3.22. The van der Waals surface area contributed by atoms with Gasteiger partial charge in [0.25, 0.3) is 0 Å². The van der Waals surface area contributed by atoms with Crippen LogP contribution in [0.25, 0.3) is 0 Å². The summed E-state index contributed by atoms with van der Waals surface area (Å²) in [6.07, 6.45) is 4.12. The number of hydrogen-bond acceptors (Lipinski definition) is 2. The average molecular weight is 289 g/mol. The molecule has 1 fully saturated rings. The molecule has 21 heavy (non-hydrogen) atoms. The van der Waals surface area contributed by atoms with Crippen LogP contribution in [0.5, 0.6) is 0 Å². The first-order valence-electron chi connectivity index (χ1n) is 8.13. The van der Waals surface area contributed by atoms with Crippen molar-refractivity contribution >= 4 is 5.91 Å². The van der Waals surface area contributed by atoms with E-state index in [9.17, 15) is 9.90 Å². The minimum Gasteiger partial charge on any atom is -0.394 e. The molecule has 2 rings (SSSR count). The molecule has 1 saturated heterocycles. The third-order valence-corrected chi connectivity index (χ3v) is 4.70. The zero-order valence-electron chi connectivity index (χ0n) is 13.2. The van der Waals surface area contributed by atoms with Crippen LogP contribution in [0.3, 0.4) is 0 Å². The molecule has 1 aliphatic heterocycles. The summed E-state index contributed by atoms with van der Waals surface area (Å²) in [6, 6.07) is 9.67. The van der Waals surface area contributed by atoms with Crippen LogP contribution in [0, 0.1) is 11.8 Å². The van der Waals surface area contributed by atoms with Crippen molar-refractivity contribution in [2.24, 2.45) is 11.8 Å². The molecule has 0 spiro atoms. The lowest BCUT2D eigenvalue weighted by atomic mass is 9.86. The molecule has 0 aliphatic carbocycles. The third-order valence-electron chi connectivity index (χ3n) is 4.70.